The van der Waals surface area contributed by atoms with Gasteiger partial charge in [0.2, 0.25) is 23.6 Å². The van der Waals surface area contributed by atoms with Gasteiger partial charge in [0.05, 0.1) is 6.42 Å². The second kappa shape index (κ2) is 17.2. The van der Waals surface area contributed by atoms with Crippen molar-refractivity contribution >= 4 is 70.0 Å². The van der Waals surface area contributed by atoms with Crippen LogP contribution in [0.4, 0.5) is 0 Å². The van der Waals surface area contributed by atoms with E-state index in [0.29, 0.717) is 10.0 Å². The van der Waals surface area contributed by atoms with Crippen LogP contribution in [0.5, 0.6) is 0 Å². The SMILES string of the molecule is NC(=O)CN(C(=O)CC1C(=O)N(C(Cl)Cc2ccc(Cl)cc2)CC(=O)N1CC(c1ccccc1)c1ccccc1)C(Cl)Cc1ccc(Cl)cc1. The molecule has 0 bridgehead atoms. The predicted octanol–water partition coefficient (Wildman–Crippen LogP) is 6.48. The molecule has 0 aliphatic carbocycles. The van der Waals surface area contributed by atoms with Crippen molar-refractivity contribution in [1.29, 1.82) is 0 Å². The molecule has 5 rings (SSSR count). The van der Waals surface area contributed by atoms with Crippen molar-refractivity contribution in [3.05, 3.63) is 141 Å². The van der Waals surface area contributed by atoms with E-state index < -0.39 is 47.7 Å². The average molecular weight is 755 g/mol. The van der Waals surface area contributed by atoms with E-state index in [2.05, 4.69) is 0 Å². The molecular weight excluding hydrogens is 718 g/mol. The van der Waals surface area contributed by atoms with Crippen LogP contribution in [0.25, 0.3) is 0 Å². The maximum absolute atomic E-state index is 14.4. The van der Waals surface area contributed by atoms with Gasteiger partial charge in [-0.3, -0.25) is 19.2 Å². The number of carbonyl (C=O) groups is 4. The number of carbonyl (C=O) groups excluding carboxylic acids is 4. The fourth-order valence-corrected chi connectivity index (χ4v) is 7.04. The summed E-state index contributed by atoms with van der Waals surface area (Å²) >= 11 is 25.7. The number of nitrogens with zero attached hydrogens (tertiary/aromatic N) is 3. The summed E-state index contributed by atoms with van der Waals surface area (Å²) in [5.41, 5.74) is 7.14. The van der Waals surface area contributed by atoms with Gasteiger partial charge in [-0.1, -0.05) is 131 Å². The van der Waals surface area contributed by atoms with Crippen molar-refractivity contribution in [3.8, 4) is 0 Å². The molecule has 1 aliphatic heterocycles. The molecule has 3 atom stereocenters. The highest BCUT2D eigenvalue weighted by atomic mass is 35.5. The number of halogens is 4. The first-order valence-electron chi connectivity index (χ1n) is 16.0. The first kappa shape index (κ1) is 37.2. The minimum Gasteiger partial charge on any atom is -0.368 e. The Morgan fingerprint density at radius 2 is 1.26 bits per heavy atom. The molecule has 4 amide bonds. The highest BCUT2D eigenvalue weighted by Gasteiger charge is 2.44. The maximum atomic E-state index is 14.4. The Morgan fingerprint density at radius 1 is 0.760 bits per heavy atom. The number of piperazine rings is 1. The summed E-state index contributed by atoms with van der Waals surface area (Å²) in [4.78, 5) is 58.7. The number of primary amides is 1. The van der Waals surface area contributed by atoms with Crippen LogP contribution in [0.1, 0.15) is 34.6 Å². The van der Waals surface area contributed by atoms with E-state index in [0.717, 1.165) is 27.2 Å². The van der Waals surface area contributed by atoms with Gasteiger partial charge in [0.25, 0.3) is 0 Å². The summed E-state index contributed by atoms with van der Waals surface area (Å²) in [5, 5.41) is 1.09. The molecule has 50 heavy (non-hydrogen) atoms. The molecule has 1 fully saturated rings. The Bertz CT molecular complexity index is 1740. The number of benzene rings is 4. The van der Waals surface area contributed by atoms with Gasteiger partial charge in [-0.05, 0) is 46.5 Å². The van der Waals surface area contributed by atoms with Crippen molar-refractivity contribution in [1.82, 2.24) is 14.7 Å². The van der Waals surface area contributed by atoms with Crippen molar-refractivity contribution < 1.29 is 19.2 Å². The first-order valence-corrected chi connectivity index (χ1v) is 17.7. The lowest BCUT2D eigenvalue weighted by atomic mass is 9.89. The van der Waals surface area contributed by atoms with Crippen LogP contribution >= 0.6 is 46.4 Å². The second-order valence-corrected chi connectivity index (χ2v) is 14.0. The van der Waals surface area contributed by atoms with Crippen LogP contribution in [0.3, 0.4) is 0 Å². The first-order chi connectivity index (χ1) is 24.0. The lowest BCUT2D eigenvalue weighted by Crippen LogP contribution is -2.63. The Labute approximate surface area is 311 Å². The lowest BCUT2D eigenvalue weighted by Gasteiger charge is -2.43. The van der Waals surface area contributed by atoms with Gasteiger partial charge in [-0.15, -0.1) is 0 Å². The number of nitrogens with two attached hydrogens (primary N) is 1. The molecule has 4 aromatic carbocycles. The molecule has 0 aromatic heterocycles. The average Bonchev–Trinajstić information content (AvgIpc) is 3.11. The van der Waals surface area contributed by atoms with E-state index in [1.54, 1.807) is 48.5 Å². The maximum Gasteiger partial charge on any atom is 0.247 e. The molecule has 1 heterocycles. The zero-order valence-corrected chi connectivity index (χ0v) is 30.0. The minimum absolute atomic E-state index is 0.111. The molecule has 1 aliphatic rings. The second-order valence-electron chi connectivity index (χ2n) is 12.1. The summed E-state index contributed by atoms with van der Waals surface area (Å²) in [6.45, 7) is -0.648. The molecule has 1 saturated heterocycles. The van der Waals surface area contributed by atoms with E-state index in [4.69, 9.17) is 52.1 Å². The van der Waals surface area contributed by atoms with Crippen LogP contribution in [0, 0.1) is 0 Å². The Hall–Kier alpha value is -4.08. The highest BCUT2D eigenvalue weighted by Crippen LogP contribution is 2.31. The van der Waals surface area contributed by atoms with Gasteiger partial charge < -0.3 is 20.4 Å². The summed E-state index contributed by atoms with van der Waals surface area (Å²) in [6, 6.07) is 32.0. The highest BCUT2D eigenvalue weighted by molar-refractivity contribution is 6.30. The third-order valence-corrected chi connectivity index (χ3v) is 9.96. The Kier molecular flexibility index (Phi) is 12.8. The zero-order valence-electron chi connectivity index (χ0n) is 27.0. The van der Waals surface area contributed by atoms with E-state index in [-0.39, 0.29) is 37.8 Å². The van der Waals surface area contributed by atoms with Gasteiger partial charge in [0, 0.05) is 35.3 Å². The van der Waals surface area contributed by atoms with Crippen LogP contribution in [-0.4, -0.2) is 75.0 Å². The summed E-state index contributed by atoms with van der Waals surface area (Å²) in [5.74, 6) is -2.57. The third kappa shape index (κ3) is 9.58. The summed E-state index contributed by atoms with van der Waals surface area (Å²) in [7, 11) is 0. The van der Waals surface area contributed by atoms with Gasteiger partial charge >= 0.3 is 0 Å². The number of amides is 4. The molecule has 260 valence electrons. The lowest BCUT2D eigenvalue weighted by molar-refractivity contribution is -0.159. The van der Waals surface area contributed by atoms with Gasteiger partial charge in [0.15, 0.2) is 0 Å². The fourth-order valence-electron chi connectivity index (χ4n) is 6.09. The summed E-state index contributed by atoms with van der Waals surface area (Å²) < 4.78 is 0. The number of rotatable bonds is 14. The van der Waals surface area contributed by atoms with Crippen LogP contribution in [0.2, 0.25) is 10.0 Å². The predicted molar refractivity (Wildman–Crippen MR) is 197 cm³/mol. The van der Waals surface area contributed by atoms with E-state index in [9.17, 15) is 19.2 Å². The molecule has 0 saturated carbocycles. The molecule has 2 N–H and O–H groups in total. The van der Waals surface area contributed by atoms with E-state index in [1.807, 2.05) is 60.7 Å². The summed E-state index contributed by atoms with van der Waals surface area (Å²) in [6.07, 6.45) is -0.0210. The van der Waals surface area contributed by atoms with Gasteiger partial charge in [-0.2, -0.15) is 0 Å². The fraction of sp³-hybridized carbons (Fsp3) is 0.263. The molecule has 4 aromatic rings. The largest absolute Gasteiger partial charge is 0.368 e. The quantitative estimate of drug-likeness (QED) is 0.118. The molecule has 8 nitrogen and oxygen atoms in total. The van der Waals surface area contributed by atoms with Crippen molar-refractivity contribution in [3.63, 3.8) is 0 Å². The molecule has 0 radical (unpaired) electrons. The van der Waals surface area contributed by atoms with Crippen molar-refractivity contribution in [2.45, 2.75) is 42.2 Å². The van der Waals surface area contributed by atoms with Gasteiger partial charge in [-0.25, -0.2) is 0 Å². The van der Waals surface area contributed by atoms with Crippen molar-refractivity contribution in [2.75, 3.05) is 19.6 Å². The van der Waals surface area contributed by atoms with Crippen LogP contribution in [0.15, 0.2) is 109 Å². The number of hydrogen-bond donors (Lipinski definition) is 1. The standard InChI is InChI=1S/C38H36Cl4N4O4/c39-29-15-11-25(12-16-29)19-33(41)45(23-35(43)47)36(48)21-32-38(50)46(34(42)20-26-13-17-30(40)18-14-26)24-37(49)44(32)22-31(27-7-3-1-4-8-27)28-9-5-2-6-10-28/h1-18,31-34H,19-24H2,(H2,43,47). The minimum atomic E-state index is -1.24. The zero-order chi connectivity index (χ0) is 35.8. The van der Waals surface area contributed by atoms with E-state index >= 15 is 0 Å². The third-order valence-electron chi connectivity index (χ3n) is 8.68. The van der Waals surface area contributed by atoms with Gasteiger partial charge in [0.1, 0.15) is 30.1 Å². The Balaban J connectivity index is 1.47. The normalized spacial score (nSPS) is 16.0. The number of alkyl halides is 2. The number of hydrogen-bond acceptors (Lipinski definition) is 4. The topological polar surface area (TPSA) is 104 Å². The van der Waals surface area contributed by atoms with Crippen molar-refractivity contribution in [2.24, 2.45) is 5.73 Å². The Morgan fingerprint density at radius 3 is 1.76 bits per heavy atom. The molecule has 0 spiro atoms. The van der Waals surface area contributed by atoms with Crippen LogP contribution < -0.4 is 5.73 Å². The monoisotopic (exact) mass is 752 g/mol. The smallest absolute Gasteiger partial charge is 0.247 e. The molecular formula is C38H36Cl4N4O4. The van der Waals surface area contributed by atoms with E-state index in [1.165, 1.54) is 9.80 Å². The van der Waals surface area contributed by atoms with Crippen LogP contribution in [-0.2, 0) is 32.0 Å². The molecule has 12 heteroatoms. The molecule has 3 unspecified atom stereocenters.